The molecule has 2 aromatic heterocycles. The molecule has 1 fully saturated rings. The number of hydrogen-bond donors (Lipinski definition) is 3. The summed E-state index contributed by atoms with van der Waals surface area (Å²) in [5.74, 6) is -1.18. The zero-order valence-corrected chi connectivity index (χ0v) is 22.9. The van der Waals surface area contributed by atoms with E-state index in [9.17, 15) is 9.59 Å². The van der Waals surface area contributed by atoms with Gasteiger partial charge in [0.2, 0.25) is 5.95 Å². The molecule has 2 heterocycles. The van der Waals surface area contributed by atoms with Gasteiger partial charge in [0.05, 0.1) is 16.6 Å². The molecule has 2 amide bonds. The summed E-state index contributed by atoms with van der Waals surface area (Å²) in [6.07, 6.45) is 1.76. The molecule has 0 aliphatic heterocycles. The summed E-state index contributed by atoms with van der Waals surface area (Å²) in [7, 11) is 1.53. The number of aryl methyl sites for hydroxylation is 1. The van der Waals surface area contributed by atoms with Crippen molar-refractivity contribution in [3.63, 3.8) is 0 Å². The molecule has 6 nitrogen and oxygen atoms in total. The van der Waals surface area contributed by atoms with Crippen molar-refractivity contribution in [3.8, 4) is 22.4 Å². The Morgan fingerprint density at radius 3 is 2.33 bits per heavy atom. The first-order valence-corrected chi connectivity index (χ1v) is 13.5. The molecule has 0 spiro atoms. The molecule has 3 aromatic carbocycles. The zero-order valence-electron chi connectivity index (χ0n) is 22.0. The lowest BCUT2D eigenvalue weighted by Gasteiger charge is -2.18. The van der Waals surface area contributed by atoms with Gasteiger partial charge in [-0.1, -0.05) is 48.5 Å². The molecule has 1 aliphatic carbocycles. The summed E-state index contributed by atoms with van der Waals surface area (Å²) in [5.41, 5.74) is 4.96. The van der Waals surface area contributed by atoms with Crippen molar-refractivity contribution in [1.82, 2.24) is 20.2 Å². The van der Waals surface area contributed by atoms with Crippen LogP contribution in [0, 0.1) is 12.9 Å². The molecule has 5 aromatic rings. The van der Waals surface area contributed by atoms with E-state index in [1.807, 2.05) is 43.3 Å². The summed E-state index contributed by atoms with van der Waals surface area (Å²) < 4.78 is 16.7. The van der Waals surface area contributed by atoms with Crippen LogP contribution >= 0.6 is 12.6 Å². The van der Waals surface area contributed by atoms with Gasteiger partial charge in [-0.15, -0.1) is 12.6 Å². The van der Waals surface area contributed by atoms with Gasteiger partial charge in [0.15, 0.2) is 0 Å². The van der Waals surface area contributed by atoms with Gasteiger partial charge in [-0.3, -0.25) is 9.59 Å². The van der Waals surface area contributed by atoms with Crippen LogP contribution in [0.5, 0.6) is 0 Å². The second-order valence-electron chi connectivity index (χ2n) is 10.1. The van der Waals surface area contributed by atoms with E-state index in [1.165, 1.54) is 13.1 Å². The van der Waals surface area contributed by atoms with Crippen molar-refractivity contribution in [2.45, 2.75) is 30.2 Å². The average molecular weight is 551 g/mol. The minimum Gasteiger partial charge on any atom is -0.355 e. The number of rotatable bonds is 6. The Morgan fingerprint density at radius 1 is 0.925 bits per heavy atom. The highest BCUT2D eigenvalue weighted by molar-refractivity contribution is 7.80. The summed E-state index contributed by atoms with van der Waals surface area (Å²) in [6, 6.07) is 25.7. The van der Waals surface area contributed by atoms with Crippen LogP contribution in [0.15, 0.2) is 89.8 Å². The first kappa shape index (κ1) is 25.8. The van der Waals surface area contributed by atoms with Crippen LogP contribution in [0.2, 0.25) is 0 Å². The fraction of sp³-hybridized carbons (Fsp3) is 0.156. The van der Waals surface area contributed by atoms with E-state index in [4.69, 9.17) is 0 Å². The molecule has 0 atom stereocenters. The largest absolute Gasteiger partial charge is 0.355 e. The number of nitrogens with one attached hydrogen (secondary N) is 2. The summed E-state index contributed by atoms with van der Waals surface area (Å²) in [4.78, 5) is 27.1. The third-order valence-corrected chi connectivity index (χ3v) is 7.82. The predicted octanol–water partition coefficient (Wildman–Crippen LogP) is 6.18. The van der Waals surface area contributed by atoms with Crippen molar-refractivity contribution < 1.29 is 14.0 Å². The highest BCUT2D eigenvalue weighted by Crippen LogP contribution is 2.45. The van der Waals surface area contributed by atoms with Crippen molar-refractivity contribution in [2.75, 3.05) is 7.05 Å². The van der Waals surface area contributed by atoms with Crippen LogP contribution in [0.1, 0.15) is 44.7 Å². The monoisotopic (exact) mass is 550 g/mol. The predicted molar refractivity (Wildman–Crippen MR) is 156 cm³/mol. The van der Waals surface area contributed by atoms with Gasteiger partial charge in [-0.05, 0) is 72.4 Å². The van der Waals surface area contributed by atoms with Crippen LogP contribution in [0.25, 0.3) is 27.9 Å². The van der Waals surface area contributed by atoms with Gasteiger partial charge in [-0.2, -0.15) is 9.49 Å². The maximum atomic E-state index is 15.6. The minimum absolute atomic E-state index is 0.186. The third kappa shape index (κ3) is 4.54. The highest BCUT2D eigenvalue weighted by Gasteiger charge is 2.45. The van der Waals surface area contributed by atoms with Gasteiger partial charge in [-0.25, -0.2) is 4.52 Å². The molecular formula is C32H27FN4O2S. The second kappa shape index (κ2) is 9.95. The summed E-state index contributed by atoms with van der Waals surface area (Å²) >= 11 is 4.33. The standard InChI is InChI=1S/C32H27FN4O2S/c1-19-8-9-21(30(38)35-32(14-15-32)23-6-4-3-5-7-23)16-25(19)22-17-26-28(31(39)34-2)29(36-37(26)27(33)18-22)20-10-12-24(40)13-11-20/h3-13,16-18,40H,14-15H2,1-2H3,(H,34,39)(H,35,38). The second-order valence-corrected chi connectivity index (χ2v) is 10.7. The van der Waals surface area contributed by atoms with E-state index >= 15 is 4.39 Å². The number of aromatic nitrogens is 2. The van der Waals surface area contributed by atoms with Gasteiger partial charge < -0.3 is 10.6 Å². The molecule has 6 rings (SSSR count). The van der Waals surface area contributed by atoms with Crippen LogP contribution in [-0.4, -0.2) is 28.5 Å². The molecule has 0 saturated heterocycles. The normalized spacial score (nSPS) is 13.7. The molecule has 1 aliphatic rings. The van der Waals surface area contributed by atoms with E-state index in [2.05, 4.69) is 28.4 Å². The van der Waals surface area contributed by atoms with E-state index < -0.39 is 5.95 Å². The van der Waals surface area contributed by atoms with Crippen molar-refractivity contribution in [1.29, 1.82) is 0 Å². The Morgan fingerprint density at radius 2 is 1.65 bits per heavy atom. The first-order valence-electron chi connectivity index (χ1n) is 13.0. The number of halogens is 1. The third-order valence-electron chi connectivity index (χ3n) is 7.53. The number of fused-ring (bicyclic) bond motifs is 1. The lowest BCUT2D eigenvalue weighted by atomic mass is 9.97. The lowest BCUT2D eigenvalue weighted by Crippen LogP contribution is -2.34. The van der Waals surface area contributed by atoms with Crippen molar-refractivity contribution in [3.05, 3.63) is 113 Å². The number of pyridine rings is 1. The molecule has 200 valence electrons. The number of nitrogens with zero attached hydrogens (tertiary/aromatic N) is 2. The summed E-state index contributed by atoms with van der Waals surface area (Å²) in [6.45, 7) is 1.91. The first-order chi connectivity index (χ1) is 19.3. The Labute approximate surface area is 236 Å². The molecule has 0 unspecified atom stereocenters. The molecule has 40 heavy (non-hydrogen) atoms. The number of benzene rings is 3. The van der Waals surface area contributed by atoms with E-state index in [0.717, 1.165) is 33.4 Å². The number of hydrogen-bond acceptors (Lipinski definition) is 4. The quantitative estimate of drug-likeness (QED) is 0.175. The SMILES string of the molecule is CNC(=O)c1c(-c2ccc(S)cc2)nn2c(F)cc(-c3cc(C(=O)NC4(c5ccccc5)CC4)ccc3C)cc12. The van der Waals surface area contributed by atoms with Crippen LogP contribution in [0.3, 0.4) is 0 Å². The molecule has 0 bridgehead atoms. The van der Waals surface area contributed by atoms with Crippen LogP contribution in [0.4, 0.5) is 4.39 Å². The number of carbonyl (C=O) groups is 2. The molecule has 0 radical (unpaired) electrons. The van der Waals surface area contributed by atoms with E-state index in [-0.39, 0.29) is 22.9 Å². The molecule has 8 heteroatoms. The Bertz CT molecular complexity index is 1780. The summed E-state index contributed by atoms with van der Waals surface area (Å²) in [5, 5.41) is 10.3. The van der Waals surface area contributed by atoms with Gasteiger partial charge in [0.25, 0.3) is 11.8 Å². The van der Waals surface area contributed by atoms with Gasteiger partial charge in [0, 0.05) is 29.1 Å². The Balaban J connectivity index is 1.42. The highest BCUT2D eigenvalue weighted by atomic mass is 32.1. The number of thiol groups is 1. The zero-order chi connectivity index (χ0) is 28.0. The average Bonchev–Trinajstić information content (AvgIpc) is 3.64. The van der Waals surface area contributed by atoms with Crippen LogP contribution < -0.4 is 10.6 Å². The molecule has 2 N–H and O–H groups in total. The Hall–Kier alpha value is -4.43. The molecular weight excluding hydrogens is 523 g/mol. The van der Waals surface area contributed by atoms with E-state index in [0.29, 0.717) is 33.5 Å². The smallest absolute Gasteiger partial charge is 0.255 e. The molecule has 1 saturated carbocycles. The topological polar surface area (TPSA) is 75.5 Å². The van der Waals surface area contributed by atoms with Crippen molar-refractivity contribution in [2.24, 2.45) is 0 Å². The van der Waals surface area contributed by atoms with Crippen molar-refractivity contribution >= 4 is 30.0 Å². The van der Waals surface area contributed by atoms with Gasteiger partial charge in [0.1, 0.15) is 5.69 Å². The fourth-order valence-electron chi connectivity index (χ4n) is 5.16. The minimum atomic E-state index is -0.620. The Kier molecular flexibility index (Phi) is 6.43. The fourth-order valence-corrected chi connectivity index (χ4v) is 5.31. The maximum Gasteiger partial charge on any atom is 0.255 e. The maximum absolute atomic E-state index is 15.6. The van der Waals surface area contributed by atoms with Crippen LogP contribution in [-0.2, 0) is 5.54 Å². The van der Waals surface area contributed by atoms with Gasteiger partial charge >= 0.3 is 0 Å². The number of carbonyl (C=O) groups excluding carboxylic acids is 2. The number of amides is 2. The lowest BCUT2D eigenvalue weighted by molar-refractivity contribution is 0.0929. The van der Waals surface area contributed by atoms with E-state index in [1.54, 1.807) is 42.5 Å².